The topological polar surface area (TPSA) is 29.1 Å². The van der Waals surface area contributed by atoms with Crippen LogP contribution in [-0.2, 0) is 0 Å². The number of nitrogens with one attached hydrogen (secondary N) is 1. The van der Waals surface area contributed by atoms with Crippen molar-refractivity contribution in [3.05, 3.63) is 69.7 Å². The summed E-state index contributed by atoms with van der Waals surface area (Å²) in [5.41, 5.74) is 1.37. The van der Waals surface area contributed by atoms with Crippen molar-refractivity contribution >= 4 is 57.5 Å². The molecular weight excluding hydrogens is 333 g/mol. The lowest BCUT2D eigenvalue weighted by Crippen LogP contribution is -2.17. The normalized spacial score (nSPS) is 10.1. The van der Waals surface area contributed by atoms with Crippen molar-refractivity contribution in [3.63, 3.8) is 0 Å². The molecule has 1 N–H and O–H groups in total. The molecule has 102 valence electrons. The summed E-state index contributed by atoms with van der Waals surface area (Å²) in [7, 11) is 0. The Bertz CT molecular complexity index is 569. The Morgan fingerprint density at radius 3 is 1.85 bits per heavy atom. The van der Waals surface area contributed by atoms with Gasteiger partial charge in [-0.05, 0) is 48.3 Å². The van der Waals surface area contributed by atoms with Crippen LogP contribution < -0.4 is 4.72 Å². The number of carbonyl (C=O) groups excluding carboxylic acids is 1. The van der Waals surface area contributed by atoms with E-state index in [4.69, 9.17) is 35.4 Å². The van der Waals surface area contributed by atoms with Gasteiger partial charge in [0.05, 0.1) is 4.20 Å². The first-order valence-electron chi connectivity index (χ1n) is 5.59. The first-order chi connectivity index (χ1) is 9.56. The minimum Gasteiger partial charge on any atom is -0.291 e. The molecule has 0 fully saturated rings. The molecule has 2 nitrogen and oxygen atoms in total. The minimum absolute atomic E-state index is 0.219. The average molecular weight is 342 g/mol. The first-order valence-corrected chi connectivity index (χ1v) is 7.57. The Kier molecular flexibility index (Phi) is 5.43. The van der Waals surface area contributed by atoms with Crippen LogP contribution in [-0.4, -0.2) is 10.1 Å². The molecule has 0 spiro atoms. The van der Waals surface area contributed by atoms with E-state index in [2.05, 4.69) is 4.72 Å². The highest BCUT2D eigenvalue weighted by atomic mass is 35.5. The molecular formula is C14H9Cl2NOS2. The van der Waals surface area contributed by atoms with Crippen LogP contribution in [0.1, 0.15) is 15.9 Å². The molecule has 1 amide bonds. The summed E-state index contributed by atoms with van der Waals surface area (Å²) < 4.78 is 3.26. The van der Waals surface area contributed by atoms with E-state index in [9.17, 15) is 4.79 Å². The van der Waals surface area contributed by atoms with E-state index >= 15 is 0 Å². The van der Waals surface area contributed by atoms with Gasteiger partial charge in [0.1, 0.15) is 0 Å². The van der Waals surface area contributed by atoms with Gasteiger partial charge in [-0.25, -0.2) is 0 Å². The summed E-state index contributed by atoms with van der Waals surface area (Å²) in [6.45, 7) is 0. The maximum Gasteiger partial charge on any atom is 0.261 e. The molecule has 0 atom stereocenters. The number of carbonyl (C=O) groups is 1. The largest absolute Gasteiger partial charge is 0.291 e. The summed E-state index contributed by atoms with van der Waals surface area (Å²) in [5.74, 6) is -0.219. The predicted molar refractivity (Wildman–Crippen MR) is 89.7 cm³/mol. The fourth-order valence-electron chi connectivity index (χ4n) is 1.40. The van der Waals surface area contributed by atoms with Crippen LogP contribution in [0.4, 0.5) is 0 Å². The monoisotopic (exact) mass is 341 g/mol. The smallest absolute Gasteiger partial charge is 0.261 e. The highest BCUT2D eigenvalue weighted by molar-refractivity contribution is 8.22. The zero-order valence-electron chi connectivity index (χ0n) is 10.1. The van der Waals surface area contributed by atoms with E-state index in [0.717, 1.165) is 17.5 Å². The van der Waals surface area contributed by atoms with E-state index in [1.54, 1.807) is 36.4 Å². The van der Waals surface area contributed by atoms with Crippen molar-refractivity contribution in [2.24, 2.45) is 0 Å². The molecule has 0 saturated heterocycles. The molecule has 0 saturated carbocycles. The van der Waals surface area contributed by atoms with E-state index in [-0.39, 0.29) is 5.91 Å². The lowest BCUT2D eigenvalue weighted by atomic mass is 10.2. The van der Waals surface area contributed by atoms with E-state index < -0.39 is 0 Å². The van der Waals surface area contributed by atoms with Crippen molar-refractivity contribution in [2.75, 3.05) is 0 Å². The fourth-order valence-corrected chi connectivity index (χ4v) is 2.47. The number of halogens is 2. The van der Waals surface area contributed by atoms with Crippen molar-refractivity contribution in [1.29, 1.82) is 0 Å². The Morgan fingerprint density at radius 2 is 1.35 bits per heavy atom. The van der Waals surface area contributed by atoms with Crippen LogP contribution >= 0.6 is 47.4 Å². The lowest BCUT2D eigenvalue weighted by molar-refractivity contribution is 0.0985. The van der Waals surface area contributed by atoms with Crippen molar-refractivity contribution in [1.82, 2.24) is 4.72 Å². The zero-order valence-corrected chi connectivity index (χ0v) is 13.2. The molecule has 0 aliphatic rings. The molecule has 2 rings (SSSR count). The van der Waals surface area contributed by atoms with Crippen LogP contribution in [0.5, 0.6) is 0 Å². The number of hydrogen-bond acceptors (Lipinski definition) is 3. The standard InChI is InChI=1S/C14H9Cl2NOS2/c15-11-5-1-9(2-6-11)13(18)17-20-14(19)10-3-7-12(16)8-4-10/h1-8H,(H,17,18). The van der Waals surface area contributed by atoms with Gasteiger partial charge < -0.3 is 0 Å². The molecule has 0 aliphatic heterocycles. The third kappa shape index (κ3) is 4.21. The van der Waals surface area contributed by atoms with Crippen molar-refractivity contribution < 1.29 is 4.79 Å². The fraction of sp³-hybridized carbons (Fsp3) is 0. The van der Waals surface area contributed by atoms with Crippen molar-refractivity contribution in [3.8, 4) is 0 Å². The molecule has 0 aromatic heterocycles. The third-order valence-corrected chi connectivity index (χ3v) is 4.12. The second-order valence-electron chi connectivity index (χ2n) is 3.83. The van der Waals surface area contributed by atoms with Gasteiger partial charge in [-0.3, -0.25) is 9.52 Å². The molecule has 6 heteroatoms. The maximum atomic E-state index is 11.9. The molecule has 0 radical (unpaired) electrons. The van der Waals surface area contributed by atoms with Gasteiger partial charge in [-0.15, -0.1) is 0 Å². The number of thiocarbonyl (C=S) groups is 1. The second-order valence-corrected chi connectivity index (χ2v) is 6.19. The second kappa shape index (κ2) is 7.09. The molecule has 20 heavy (non-hydrogen) atoms. The van der Waals surface area contributed by atoms with Gasteiger partial charge in [-0.2, -0.15) is 0 Å². The molecule has 0 bridgehead atoms. The van der Waals surface area contributed by atoms with E-state index in [1.807, 2.05) is 12.1 Å². The van der Waals surface area contributed by atoms with Gasteiger partial charge >= 0.3 is 0 Å². The number of benzene rings is 2. The summed E-state index contributed by atoms with van der Waals surface area (Å²) >= 11 is 17.9. The molecule has 0 heterocycles. The Balaban J connectivity index is 1.94. The highest BCUT2D eigenvalue weighted by Gasteiger charge is 2.08. The Labute approximate surface area is 136 Å². The molecule has 2 aromatic carbocycles. The third-order valence-electron chi connectivity index (χ3n) is 2.42. The number of hydrogen-bond donors (Lipinski definition) is 1. The molecule has 2 aromatic rings. The first kappa shape index (κ1) is 15.3. The van der Waals surface area contributed by atoms with Crippen LogP contribution in [0.3, 0.4) is 0 Å². The van der Waals surface area contributed by atoms with Gasteiger partial charge in [0.25, 0.3) is 5.91 Å². The van der Waals surface area contributed by atoms with Crippen LogP contribution in [0.25, 0.3) is 0 Å². The number of rotatable bonds is 2. The molecule has 0 aliphatic carbocycles. The summed E-state index contributed by atoms with van der Waals surface area (Å²) in [5, 5.41) is 1.23. The number of amides is 1. The van der Waals surface area contributed by atoms with Crippen LogP contribution in [0.15, 0.2) is 48.5 Å². The van der Waals surface area contributed by atoms with Crippen LogP contribution in [0.2, 0.25) is 10.0 Å². The van der Waals surface area contributed by atoms with E-state index in [1.165, 1.54) is 0 Å². The molecule has 0 unspecified atom stereocenters. The Hall–Kier alpha value is -1.07. The minimum atomic E-state index is -0.219. The van der Waals surface area contributed by atoms with Gasteiger partial charge in [-0.1, -0.05) is 47.6 Å². The van der Waals surface area contributed by atoms with E-state index in [0.29, 0.717) is 19.8 Å². The maximum absolute atomic E-state index is 11.9. The quantitative estimate of drug-likeness (QED) is 0.631. The van der Waals surface area contributed by atoms with Crippen LogP contribution in [0, 0.1) is 0 Å². The summed E-state index contributed by atoms with van der Waals surface area (Å²) in [6.07, 6.45) is 0. The van der Waals surface area contributed by atoms with Crippen molar-refractivity contribution in [2.45, 2.75) is 0 Å². The summed E-state index contributed by atoms with van der Waals surface area (Å²) in [6, 6.07) is 13.8. The lowest BCUT2D eigenvalue weighted by Gasteiger charge is -2.06. The summed E-state index contributed by atoms with van der Waals surface area (Å²) in [4.78, 5) is 11.9. The van der Waals surface area contributed by atoms with Gasteiger partial charge in [0.2, 0.25) is 0 Å². The average Bonchev–Trinajstić information content (AvgIpc) is 2.46. The van der Waals surface area contributed by atoms with Gasteiger partial charge in [0, 0.05) is 21.2 Å². The zero-order chi connectivity index (χ0) is 14.5. The SMILES string of the molecule is O=C(NSC(=S)c1ccc(Cl)cc1)c1ccc(Cl)cc1. The highest BCUT2D eigenvalue weighted by Crippen LogP contribution is 2.16. The van der Waals surface area contributed by atoms with Gasteiger partial charge in [0.15, 0.2) is 0 Å². The Morgan fingerprint density at radius 1 is 0.900 bits per heavy atom. The predicted octanol–water partition coefficient (Wildman–Crippen LogP) is 4.75.